The van der Waals surface area contributed by atoms with Gasteiger partial charge in [0.2, 0.25) is 5.95 Å². The smallest absolute Gasteiger partial charge is 0.228 e. The molecular formula is C18H22N4O. The lowest BCUT2D eigenvalue weighted by Gasteiger charge is -2.56. The van der Waals surface area contributed by atoms with Crippen LogP contribution in [0.25, 0.3) is 11.4 Å². The van der Waals surface area contributed by atoms with Gasteiger partial charge in [-0.3, -0.25) is 0 Å². The molecule has 0 radical (unpaired) electrons. The number of aromatic nitrogens is 3. The Morgan fingerprint density at radius 1 is 1.17 bits per heavy atom. The van der Waals surface area contributed by atoms with Crippen LogP contribution in [0.1, 0.15) is 19.3 Å². The molecule has 0 spiro atoms. The van der Waals surface area contributed by atoms with E-state index in [-0.39, 0.29) is 0 Å². The molecule has 1 aromatic carbocycles. The number of rotatable bonds is 5. The zero-order chi connectivity index (χ0) is 15.7. The maximum absolute atomic E-state index is 5.50. The van der Waals surface area contributed by atoms with Gasteiger partial charge in [-0.2, -0.15) is 4.98 Å². The Hall–Kier alpha value is -2.01. The van der Waals surface area contributed by atoms with E-state index < -0.39 is 0 Å². The molecule has 120 valence electrons. The van der Waals surface area contributed by atoms with E-state index in [9.17, 15) is 0 Å². The fourth-order valence-corrected chi connectivity index (χ4v) is 3.80. The second-order valence-electron chi connectivity index (χ2n) is 6.75. The molecular weight excluding hydrogens is 288 g/mol. The summed E-state index contributed by atoms with van der Waals surface area (Å²) in [6.45, 7) is 2.82. The minimum atomic E-state index is 0.298. The monoisotopic (exact) mass is 310 g/mol. The molecule has 2 aliphatic rings. The summed E-state index contributed by atoms with van der Waals surface area (Å²) in [6.07, 6.45) is 5.65. The fourth-order valence-electron chi connectivity index (χ4n) is 3.80. The molecule has 1 aliphatic carbocycles. The third kappa shape index (κ3) is 2.59. The molecule has 0 amide bonds. The van der Waals surface area contributed by atoms with Crippen LogP contribution in [0.5, 0.6) is 0 Å². The van der Waals surface area contributed by atoms with Crippen molar-refractivity contribution in [3.63, 3.8) is 0 Å². The number of hydrogen-bond acceptors (Lipinski definition) is 5. The van der Waals surface area contributed by atoms with Crippen molar-refractivity contribution in [2.45, 2.75) is 19.3 Å². The summed E-state index contributed by atoms with van der Waals surface area (Å²) >= 11 is 0. The first-order chi connectivity index (χ1) is 11.3. The highest BCUT2D eigenvalue weighted by Gasteiger charge is 2.51. The van der Waals surface area contributed by atoms with Gasteiger partial charge in [0.15, 0.2) is 5.82 Å². The predicted octanol–water partition coefficient (Wildman–Crippen LogP) is 2.79. The van der Waals surface area contributed by atoms with Crippen LogP contribution in [0.2, 0.25) is 0 Å². The van der Waals surface area contributed by atoms with Crippen molar-refractivity contribution >= 4 is 5.95 Å². The van der Waals surface area contributed by atoms with Gasteiger partial charge < -0.3 is 9.64 Å². The van der Waals surface area contributed by atoms with E-state index in [4.69, 9.17) is 4.74 Å². The van der Waals surface area contributed by atoms with Crippen LogP contribution in [0.3, 0.4) is 0 Å². The molecule has 2 aromatic rings. The maximum Gasteiger partial charge on any atom is 0.228 e. The second kappa shape index (κ2) is 5.89. The molecule has 23 heavy (non-hydrogen) atoms. The van der Waals surface area contributed by atoms with Gasteiger partial charge in [0, 0.05) is 31.2 Å². The Morgan fingerprint density at radius 3 is 2.61 bits per heavy atom. The summed E-state index contributed by atoms with van der Waals surface area (Å²) in [6, 6.07) is 10.1. The molecule has 0 unspecified atom stereocenters. The number of ether oxygens (including phenoxy) is 1. The van der Waals surface area contributed by atoms with Crippen molar-refractivity contribution in [3.8, 4) is 11.4 Å². The molecule has 0 atom stereocenters. The molecule has 1 aromatic heterocycles. The molecule has 1 saturated carbocycles. The van der Waals surface area contributed by atoms with Crippen molar-refractivity contribution in [1.82, 2.24) is 15.0 Å². The fraction of sp³-hybridized carbons (Fsp3) is 0.500. The number of nitrogens with zero attached hydrogens (tertiary/aromatic N) is 4. The SMILES string of the molecule is COCC1(C2CCC2)CN(c2ncnc(-c3ccccc3)n2)C1. The summed E-state index contributed by atoms with van der Waals surface area (Å²) < 4.78 is 5.50. The first-order valence-electron chi connectivity index (χ1n) is 8.29. The summed E-state index contributed by atoms with van der Waals surface area (Å²) in [5, 5.41) is 0. The highest BCUT2D eigenvalue weighted by molar-refractivity contribution is 5.56. The van der Waals surface area contributed by atoms with Crippen LogP contribution in [-0.4, -0.2) is 41.8 Å². The Labute approximate surface area is 136 Å². The van der Waals surface area contributed by atoms with E-state index in [1.165, 1.54) is 19.3 Å². The minimum absolute atomic E-state index is 0.298. The zero-order valence-corrected chi connectivity index (χ0v) is 13.5. The largest absolute Gasteiger partial charge is 0.384 e. The molecule has 1 aliphatic heterocycles. The number of hydrogen-bond donors (Lipinski definition) is 0. The molecule has 5 heteroatoms. The van der Waals surface area contributed by atoms with Crippen molar-refractivity contribution in [2.75, 3.05) is 31.7 Å². The van der Waals surface area contributed by atoms with E-state index >= 15 is 0 Å². The van der Waals surface area contributed by atoms with E-state index in [1.54, 1.807) is 13.4 Å². The summed E-state index contributed by atoms with van der Waals surface area (Å²) in [4.78, 5) is 15.6. The van der Waals surface area contributed by atoms with Gasteiger partial charge in [0.25, 0.3) is 0 Å². The highest BCUT2D eigenvalue weighted by atomic mass is 16.5. The first kappa shape index (κ1) is 14.6. The van der Waals surface area contributed by atoms with Gasteiger partial charge in [0.1, 0.15) is 6.33 Å². The molecule has 2 fully saturated rings. The van der Waals surface area contributed by atoms with E-state index in [0.29, 0.717) is 5.41 Å². The second-order valence-corrected chi connectivity index (χ2v) is 6.75. The van der Waals surface area contributed by atoms with Gasteiger partial charge in [0.05, 0.1) is 6.61 Å². The standard InChI is InChI=1S/C18H22N4O/c1-23-12-18(15-8-5-9-15)10-22(11-18)17-20-13-19-16(21-17)14-6-3-2-4-7-14/h2-4,6-7,13,15H,5,8-12H2,1H3. The van der Waals surface area contributed by atoms with Gasteiger partial charge in [-0.05, 0) is 18.8 Å². The Morgan fingerprint density at radius 2 is 1.96 bits per heavy atom. The quantitative estimate of drug-likeness (QED) is 0.850. The lowest BCUT2D eigenvalue weighted by molar-refractivity contribution is -0.0243. The molecule has 0 N–H and O–H groups in total. The predicted molar refractivity (Wildman–Crippen MR) is 89.1 cm³/mol. The molecule has 4 rings (SSSR count). The number of benzene rings is 1. The van der Waals surface area contributed by atoms with Crippen LogP contribution in [0.15, 0.2) is 36.7 Å². The number of anilines is 1. The van der Waals surface area contributed by atoms with Crippen LogP contribution >= 0.6 is 0 Å². The third-order valence-electron chi connectivity index (χ3n) is 5.29. The number of methoxy groups -OCH3 is 1. The normalized spacial score (nSPS) is 20.0. The summed E-state index contributed by atoms with van der Waals surface area (Å²) in [5.74, 6) is 2.32. The van der Waals surface area contributed by atoms with Crippen LogP contribution in [-0.2, 0) is 4.74 Å². The molecule has 1 saturated heterocycles. The highest BCUT2D eigenvalue weighted by Crippen LogP contribution is 2.48. The van der Waals surface area contributed by atoms with Crippen LogP contribution in [0.4, 0.5) is 5.95 Å². The Bertz CT molecular complexity index is 666. The van der Waals surface area contributed by atoms with Gasteiger partial charge >= 0.3 is 0 Å². The molecule has 2 heterocycles. The first-order valence-corrected chi connectivity index (χ1v) is 8.29. The maximum atomic E-state index is 5.50. The van der Waals surface area contributed by atoms with E-state index in [0.717, 1.165) is 43.0 Å². The van der Waals surface area contributed by atoms with Crippen molar-refractivity contribution in [3.05, 3.63) is 36.7 Å². The van der Waals surface area contributed by atoms with Gasteiger partial charge in [-0.15, -0.1) is 0 Å². The van der Waals surface area contributed by atoms with Gasteiger partial charge in [-0.25, -0.2) is 9.97 Å². The topological polar surface area (TPSA) is 51.1 Å². The minimum Gasteiger partial charge on any atom is -0.384 e. The summed E-state index contributed by atoms with van der Waals surface area (Å²) in [5.41, 5.74) is 1.32. The van der Waals surface area contributed by atoms with Crippen molar-refractivity contribution < 1.29 is 4.74 Å². The Balaban J connectivity index is 1.52. The Kier molecular flexibility index (Phi) is 3.73. The van der Waals surface area contributed by atoms with E-state index in [1.807, 2.05) is 30.3 Å². The third-order valence-corrected chi connectivity index (χ3v) is 5.29. The average molecular weight is 310 g/mol. The lowest BCUT2D eigenvalue weighted by Crippen LogP contribution is -2.63. The van der Waals surface area contributed by atoms with Crippen LogP contribution < -0.4 is 4.90 Å². The lowest BCUT2D eigenvalue weighted by atomic mass is 9.61. The molecule has 0 bridgehead atoms. The van der Waals surface area contributed by atoms with Crippen molar-refractivity contribution in [1.29, 1.82) is 0 Å². The van der Waals surface area contributed by atoms with Crippen LogP contribution in [0, 0.1) is 11.3 Å². The average Bonchev–Trinajstić information content (AvgIpc) is 2.51. The van der Waals surface area contributed by atoms with E-state index in [2.05, 4.69) is 19.9 Å². The van der Waals surface area contributed by atoms with Gasteiger partial charge in [-0.1, -0.05) is 36.8 Å². The molecule has 5 nitrogen and oxygen atoms in total. The van der Waals surface area contributed by atoms with Crippen molar-refractivity contribution in [2.24, 2.45) is 11.3 Å². The zero-order valence-electron chi connectivity index (χ0n) is 13.5. The summed E-state index contributed by atoms with van der Waals surface area (Å²) in [7, 11) is 1.81.